The molecule has 2 N–H and O–H groups in total. The summed E-state index contributed by atoms with van der Waals surface area (Å²) in [4.78, 5) is 4.55. The van der Waals surface area contributed by atoms with Gasteiger partial charge in [-0.1, -0.05) is 40.2 Å². The highest BCUT2D eigenvalue weighted by molar-refractivity contribution is 9.10. The van der Waals surface area contributed by atoms with Crippen molar-refractivity contribution < 1.29 is 4.74 Å². The SMILES string of the molecule is NCc1cc2ccccc2nc1Oc1cccc(Br)c1. The molecule has 0 saturated carbocycles. The van der Waals surface area contributed by atoms with Gasteiger partial charge in [-0.25, -0.2) is 4.98 Å². The zero-order chi connectivity index (χ0) is 13.9. The third-order valence-corrected chi connectivity index (χ3v) is 3.49. The molecule has 0 aliphatic rings. The predicted molar refractivity (Wildman–Crippen MR) is 83.9 cm³/mol. The standard InChI is InChI=1S/C16H13BrN2O/c17-13-5-3-6-14(9-13)20-16-12(10-18)8-11-4-1-2-7-15(11)19-16/h1-9H,10,18H2. The molecule has 2 aromatic carbocycles. The average molecular weight is 329 g/mol. The Labute approximate surface area is 125 Å². The maximum absolute atomic E-state index is 5.87. The summed E-state index contributed by atoms with van der Waals surface area (Å²) >= 11 is 3.43. The van der Waals surface area contributed by atoms with Gasteiger partial charge in [0, 0.05) is 22.0 Å². The Morgan fingerprint density at radius 3 is 2.70 bits per heavy atom. The van der Waals surface area contributed by atoms with E-state index in [2.05, 4.69) is 20.9 Å². The van der Waals surface area contributed by atoms with Gasteiger partial charge in [-0.15, -0.1) is 0 Å². The van der Waals surface area contributed by atoms with Gasteiger partial charge in [0.05, 0.1) is 5.52 Å². The first-order valence-electron chi connectivity index (χ1n) is 6.28. The Hall–Kier alpha value is -1.91. The third kappa shape index (κ3) is 2.66. The van der Waals surface area contributed by atoms with Crippen LogP contribution in [0.25, 0.3) is 10.9 Å². The van der Waals surface area contributed by atoms with Crippen LogP contribution in [0.15, 0.2) is 59.1 Å². The minimum atomic E-state index is 0.390. The second-order valence-corrected chi connectivity index (χ2v) is 5.32. The Balaban J connectivity index is 2.05. The van der Waals surface area contributed by atoms with Crippen LogP contribution < -0.4 is 10.5 Å². The summed E-state index contributed by atoms with van der Waals surface area (Å²) in [5, 5.41) is 1.06. The van der Waals surface area contributed by atoms with Gasteiger partial charge in [-0.05, 0) is 30.3 Å². The van der Waals surface area contributed by atoms with Gasteiger partial charge in [-0.2, -0.15) is 0 Å². The molecule has 3 rings (SSSR count). The van der Waals surface area contributed by atoms with Gasteiger partial charge in [0.1, 0.15) is 5.75 Å². The van der Waals surface area contributed by atoms with E-state index in [4.69, 9.17) is 10.5 Å². The van der Waals surface area contributed by atoms with E-state index in [1.54, 1.807) is 0 Å². The summed E-state index contributed by atoms with van der Waals surface area (Å²) in [5.74, 6) is 1.29. The molecular weight excluding hydrogens is 316 g/mol. The number of nitrogens with zero attached hydrogens (tertiary/aromatic N) is 1. The van der Waals surface area contributed by atoms with Crippen LogP contribution in [-0.2, 0) is 6.54 Å². The average Bonchev–Trinajstić information content (AvgIpc) is 2.46. The summed E-state index contributed by atoms with van der Waals surface area (Å²) < 4.78 is 6.83. The van der Waals surface area contributed by atoms with Crippen molar-refractivity contribution in [1.29, 1.82) is 0 Å². The van der Waals surface area contributed by atoms with Gasteiger partial charge in [0.15, 0.2) is 0 Å². The zero-order valence-corrected chi connectivity index (χ0v) is 12.3. The molecule has 0 amide bonds. The van der Waals surface area contributed by atoms with Crippen LogP contribution in [0.4, 0.5) is 0 Å². The fourth-order valence-corrected chi connectivity index (χ4v) is 2.40. The molecule has 4 heteroatoms. The van der Waals surface area contributed by atoms with Crippen LogP contribution in [0, 0.1) is 0 Å². The van der Waals surface area contributed by atoms with E-state index < -0.39 is 0 Å². The number of hydrogen-bond acceptors (Lipinski definition) is 3. The molecule has 3 aromatic rings. The molecule has 0 saturated heterocycles. The van der Waals surface area contributed by atoms with Crippen LogP contribution in [0.5, 0.6) is 11.6 Å². The minimum absolute atomic E-state index is 0.390. The van der Waals surface area contributed by atoms with Crippen molar-refractivity contribution >= 4 is 26.8 Å². The summed E-state index contributed by atoms with van der Waals surface area (Å²) in [5.41, 5.74) is 7.59. The first-order chi connectivity index (χ1) is 9.76. The van der Waals surface area contributed by atoms with Crippen LogP contribution in [0.2, 0.25) is 0 Å². The second kappa shape index (κ2) is 5.61. The highest BCUT2D eigenvalue weighted by atomic mass is 79.9. The van der Waals surface area contributed by atoms with E-state index in [9.17, 15) is 0 Å². The highest BCUT2D eigenvalue weighted by Gasteiger charge is 2.08. The molecule has 0 aliphatic carbocycles. The van der Waals surface area contributed by atoms with Crippen molar-refractivity contribution in [3.05, 3.63) is 64.6 Å². The Morgan fingerprint density at radius 2 is 1.90 bits per heavy atom. The molecule has 0 unspecified atom stereocenters. The second-order valence-electron chi connectivity index (χ2n) is 4.41. The fraction of sp³-hybridized carbons (Fsp3) is 0.0625. The fourth-order valence-electron chi connectivity index (χ4n) is 2.02. The van der Waals surface area contributed by atoms with Crippen molar-refractivity contribution in [2.24, 2.45) is 5.73 Å². The molecule has 0 fully saturated rings. The van der Waals surface area contributed by atoms with Crippen molar-refractivity contribution in [1.82, 2.24) is 4.98 Å². The van der Waals surface area contributed by atoms with E-state index in [-0.39, 0.29) is 0 Å². The van der Waals surface area contributed by atoms with Crippen molar-refractivity contribution in [3.8, 4) is 11.6 Å². The molecule has 1 heterocycles. The summed E-state index contributed by atoms with van der Waals surface area (Å²) in [6, 6.07) is 17.6. The lowest BCUT2D eigenvalue weighted by Crippen LogP contribution is -2.01. The monoisotopic (exact) mass is 328 g/mol. The number of hydrogen-bond donors (Lipinski definition) is 1. The maximum atomic E-state index is 5.87. The van der Waals surface area contributed by atoms with Crippen molar-refractivity contribution in [2.45, 2.75) is 6.54 Å². The van der Waals surface area contributed by atoms with Crippen LogP contribution in [-0.4, -0.2) is 4.98 Å². The number of pyridine rings is 1. The normalized spacial score (nSPS) is 10.7. The number of benzene rings is 2. The number of fused-ring (bicyclic) bond motifs is 1. The molecular formula is C16H13BrN2O. The summed E-state index contributed by atoms with van der Waals surface area (Å²) in [6.45, 7) is 0.390. The smallest absolute Gasteiger partial charge is 0.224 e. The zero-order valence-electron chi connectivity index (χ0n) is 10.7. The van der Waals surface area contributed by atoms with Crippen molar-refractivity contribution in [3.63, 3.8) is 0 Å². The molecule has 0 aliphatic heterocycles. The molecule has 20 heavy (non-hydrogen) atoms. The summed E-state index contributed by atoms with van der Waals surface area (Å²) in [7, 11) is 0. The van der Waals surface area contributed by atoms with Crippen LogP contribution in [0.1, 0.15) is 5.56 Å². The largest absolute Gasteiger partial charge is 0.439 e. The van der Waals surface area contributed by atoms with Crippen LogP contribution in [0.3, 0.4) is 0 Å². The number of rotatable bonds is 3. The van der Waals surface area contributed by atoms with Crippen LogP contribution >= 0.6 is 15.9 Å². The lowest BCUT2D eigenvalue weighted by atomic mass is 10.1. The van der Waals surface area contributed by atoms with Gasteiger partial charge in [-0.3, -0.25) is 0 Å². The van der Waals surface area contributed by atoms with Gasteiger partial charge < -0.3 is 10.5 Å². The molecule has 0 bridgehead atoms. The number of nitrogens with two attached hydrogens (primary N) is 1. The molecule has 3 nitrogen and oxygen atoms in total. The first kappa shape index (κ1) is 13.1. The topological polar surface area (TPSA) is 48.1 Å². The Morgan fingerprint density at radius 1 is 1.05 bits per heavy atom. The van der Waals surface area contributed by atoms with Crippen molar-refractivity contribution in [2.75, 3.05) is 0 Å². The Kier molecular flexibility index (Phi) is 3.67. The van der Waals surface area contributed by atoms with Gasteiger partial charge in [0.25, 0.3) is 0 Å². The Bertz CT molecular complexity index is 758. The third-order valence-electron chi connectivity index (χ3n) is 2.99. The quantitative estimate of drug-likeness (QED) is 0.781. The minimum Gasteiger partial charge on any atom is -0.439 e. The number of aromatic nitrogens is 1. The molecule has 0 atom stereocenters. The predicted octanol–water partition coefficient (Wildman–Crippen LogP) is 4.25. The van der Waals surface area contributed by atoms with E-state index in [0.717, 1.165) is 26.7 Å². The van der Waals surface area contributed by atoms with E-state index in [1.165, 1.54) is 0 Å². The number of halogens is 1. The molecule has 1 aromatic heterocycles. The molecule has 100 valence electrons. The first-order valence-corrected chi connectivity index (χ1v) is 7.08. The van der Waals surface area contributed by atoms with E-state index in [1.807, 2.05) is 54.6 Å². The van der Waals surface area contributed by atoms with Gasteiger partial charge >= 0.3 is 0 Å². The maximum Gasteiger partial charge on any atom is 0.224 e. The lowest BCUT2D eigenvalue weighted by Gasteiger charge is -2.10. The lowest BCUT2D eigenvalue weighted by molar-refractivity contribution is 0.458. The molecule has 0 spiro atoms. The number of para-hydroxylation sites is 1. The van der Waals surface area contributed by atoms with Gasteiger partial charge in [0.2, 0.25) is 5.88 Å². The highest BCUT2D eigenvalue weighted by Crippen LogP contribution is 2.28. The molecule has 0 radical (unpaired) electrons. The van der Waals surface area contributed by atoms with E-state index in [0.29, 0.717) is 12.4 Å². The summed E-state index contributed by atoms with van der Waals surface area (Å²) in [6.07, 6.45) is 0. The van der Waals surface area contributed by atoms with E-state index >= 15 is 0 Å². The number of ether oxygens (including phenoxy) is 1.